The van der Waals surface area contributed by atoms with Gasteiger partial charge in [-0.2, -0.15) is 0 Å². The van der Waals surface area contributed by atoms with Crippen LogP contribution in [0.15, 0.2) is 24.4 Å². The Balaban J connectivity index is 1.67. The maximum absolute atomic E-state index is 12.4. The van der Waals surface area contributed by atoms with Crippen LogP contribution in [-0.2, 0) is 0 Å². The second-order valence-corrected chi connectivity index (χ2v) is 6.36. The lowest BCUT2D eigenvalue weighted by Crippen LogP contribution is -2.31. The quantitative estimate of drug-likeness (QED) is 0.757. The molecule has 0 bridgehead atoms. The van der Waals surface area contributed by atoms with Crippen molar-refractivity contribution in [2.45, 2.75) is 32.6 Å². The molecule has 0 aliphatic heterocycles. The van der Waals surface area contributed by atoms with E-state index < -0.39 is 0 Å². The summed E-state index contributed by atoms with van der Waals surface area (Å²) in [4.78, 5) is 15.5. The molecule has 112 valence electrons. The highest BCUT2D eigenvalue weighted by atomic mass is 16.1. The van der Waals surface area contributed by atoms with E-state index in [-0.39, 0.29) is 5.91 Å². The third-order valence-electron chi connectivity index (χ3n) is 4.55. The van der Waals surface area contributed by atoms with Gasteiger partial charge >= 0.3 is 0 Å². The Morgan fingerprint density at radius 1 is 1.43 bits per heavy atom. The highest BCUT2D eigenvalue weighted by Crippen LogP contribution is 2.28. The lowest BCUT2D eigenvalue weighted by Gasteiger charge is -2.26. The Morgan fingerprint density at radius 2 is 2.29 bits per heavy atom. The number of nitrogen functional groups attached to an aromatic ring is 1. The third-order valence-corrected chi connectivity index (χ3v) is 4.55. The fourth-order valence-corrected chi connectivity index (χ4v) is 3.41. The molecule has 2 aromatic rings. The Hall–Kier alpha value is -1.97. The van der Waals surface area contributed by atoms with E-state index in [9.17, 15) is 4.79 Å². The van der Waals surface area contributed by atoms with Gasteiger partial charge < -0.3 is 16.0 Å². The largest absolute Gasteiger partial charge is 0.399 e. The first-order valence-electron chi connectivity index (χ1n) is 7.78. The van der Waals surface area contributed by atoms with Crippen LogP contribution in [0.5, 0.6) is 0 Å². The summed E-state index contributed by atoms with van der Waals surface area (Å²) in [6.45, 7) is 3.09. The van der Waals surface area contributed by atoms with Crippen molar-refractivity contribution in [1.29, 1.82) is 0 Å². The molecule has 1 aromatic carbocycles. The third kappa shape index (κ3) is 3.04. The van der Waals surface area contributed by atoms with E-state index in [0.717, 1.165) is 23.4 Å². The number of hydrogen-bond acceptors (Lipinski definition) is 2. The minimum absolute atomic E-state index is 0.00393. The highest BCUT2D eigenvalue weighted by molar-refractivity contribution is 6.07. The lowest BCUT2D eigenvalue weighted by atomic mass is 9.82. The molecular weight excluding hydrogens is 262 g/mol. The first-order valence-corrected chi connectivity index (χ1v) is 7.78. The number of aromatic amines is 1. The van der Waals surface area contributed by atoms with Crippen molar-refractivity contribution in [2.24, 2.45) is 11.8 Å². The van der Waals surface area contributed by atoms with Gasteiger partial charge in [-0.05, 0) is 42.9 Å². The lowest BCUT2D eigenvalue weighted by molar-refractivity contribution is 0.0942. The fraction of sp³-hybridized carbons (Fsp3) is 0.471. The molecule has 3 rings (SSSR count). The topological polar surface area (TPSA) is 70.9 Å². The van der Waals surface area contributed by atoms with Crippen molar-refractivity contribution in [3.8, 4) is 0 Å². The van der Waals surface area contributed by atoms with E-state index in [1.807, 2.05) is 18.2 Å². The summed E-state index contributed by atoms with van der Waals surface area (Å²) in [7, 11) is 0. The van der Waals surface area contributed by atoms with Crippen LogP contribution < -0.4 is 11.1 Å². The molecule has 1 saturated carbocycles. The maximum Gasteiger partial charge on any atom is 0.253 e. The summed E-state index contributed by atoms with van der Waals surface area (Å²) in [5, 5.41) is 4.02. The van der Waals surface area contributed by atoms with Gasteiger partial charge in [-0.15, -0.1) is 0 Å². The monoisotopic (exact) mass is 285 g/mol. The Kier molecular flexibility index (Phi) is 3.86. The summed E-state index contributed by atoms with van der Waals surface area (Å²) in [6, 6.07) is 5.59. The zero-order valence-electron chi connectivity index (χ0n) is 12.5. The van der Waals surface area contributed by atoms with E-state index in [2.05, 4.69) is 17.2 Å². The number of H-pyrrole nitrogens is 1. The van der Waals surface area contributed by atoms with E-state index >= 15 is 0 Å². The Labute approximate surface area is 125 Å². The number of carbonyl (C=O) groups excluding carboxylic acids is 1. The van der Waals surface area contributed by atoms with Gasteiger partial charge in [0, 0.05) is 29.3 Å². The van der Waals surface area contributed by atoms with Crippen molar-refractivity contribution in [3.63, 3.8) is 0 Å². The van der Waals surface area contributed by atoms with Crippen LogP contribution in [0.25, 0.3) is 10.9 Å². The number of fused-ring (bicyclic) bond motifs is 1. The number of aromatic nitrogens is 1. The molecule has 2 unspecified atom stereocenters. The molecule has 0 radical (unpaired) electrons. The zero-order chi connectivity index (χ0) is 14.8. The Bertz CT molecular complexity index is 647. The molecule has 1 aromatic heterocycles. The number of anilines is 1. The van der Waals surface area contributed by atoms with Gasteiger partial charge in [-0.25, -0.2) is 0 Å². The summed E-state index contributed by atoms with van der Waals surface area (Å²) < 4.78 is 0. The second-order valence-electron chi connectivity index (χ2n) is 6.36. The molecule has 0 spiro atoms. The number of benzene rings is 1. The van der Waals surface area contributed by atoms with Crippen LogP contribution in [-0.4, -0.2) is 17.4 Å². The second kappa shape index (κ2) is 5.80. The van der Waals surface area contributed by atoms with Crippen molar-refractivity contribution in [1.82, 2.24) is 10.3 Å². The molecule has 4 heteroatoms. The average Bonchev–Trinajstić information content (AvgIpc) is 2.88. The minimum Gasteiger partial charge on any atom is -0.399 e. The van der Waals surface area contributed by atoms with Crippen LogP contribution in [0, 0.1) is 11.8 Å². The number of amides is 1. The van der Waals surface area contributed by atoms with Crippen LogP contribution in [0.2, 0.25) is 0 Å². The van der Waals surface area contributed by atoms with E-state index in [1.54, 1.807) is 6.20 Å². The standard InChI is InChI=1S/C17H23N3O/c1-11-3-2-4-12(7-11)9-20-17(21)15-10-19-16-8-13(18)5-6-14(15)16/h5-6,8,10-12,19H,2-4,7,9,18H2,1H3,(H,20,21). The van der Waals surface area contributed by atoms with Gasteiger partial charge in [-0.1, -0.05) is 19.8 Å². The van der Waals surface area contributed by atoms with E-state index in [4.69, 9.17) is 5.73 Å². The molecular formula is C17H23N3O. The first kappa shape index (κ1) is 14.0. The molecule has 2 atom stereocenters. The van der Waals surface area contributed by atoms with Crippen molar-refractivity contribution >= 4 is 22.5 Å². The minimum atomic E-state index is 0.00393. The van der Waals surface area contributed by atoms with Gasteiger partial charge in [0.05, 0.1) is 5.56 Å². The molecule has 1 amide bonds. The van der Waals surface area contributed by atoms with Crippen molar-refractivity contribution < 1.29 is 4.79 Å². The fourth-order valence-electron chi connectivity index (χ4n) is 3.41. The normalized spacial score (nSPS) is 22.3. The van der Waals surface area contributed by atoms with Crippen LogP contribution >= 0.6 is 0 Å². The molecule has 21 heavy (non-hydrogen) atoms. The maximum atomic E-state index is 12.4. The Morgan fingerprint density at radius 3 is 3.10 bits per heavy atom. The molecule has 1 fully saturated rings. The van der Waals surface area contributed by atoms with Crippen molar-refractivity contribution in [3.05, 3.63) is 30.0 Å². The predicted molar refractivity (Wildman–Crippen MR) is 86.2 cm³/mol. The predicted octanol–water partition coefficient (Wildman–Crippen LogP) is 3.31. The number of nitrogens with two attached hydrogens (primary N) is 1. The van der Waals surface area contributed by atoms with Gasteiger partial charge in [0.1, 0.15) is 0 Å². The van der Waals surface area contributed by atoms with E-state index in [0.29, 0.717) is 17.2 Å². The number of carbonyl (C=O) groups is 1. The average molecular weight is 285 g/mol. The van der Waals surface area contributed by atoms with Gasteiger partial charge in [0.25, 0.3) is 5.91 Å². The molecule has 4 N–H and O–H groups in total. The molecule has 0 saturated heterocycles. The van der Waals surface area contributed by atoms with Crippen LogP contribution in [0.4, 0.5) is 5.69 Å². The summed E-state index contributed by atoms with van der Waals surface area (Å²) in [6.07, 6.45) is 6.84. The van der Waals surface area contributed by atoms with Gasteiger partial charge in [0.15, 0.2) is 0 Å². The summed E-state index contributed by atoms with van der Waals surface area (Å²) in [5.41, 5.74) is 8.07. The molecule has 1 aliphatic carbocycles. The first-order chi connectivity index (χ1) is 10.1. The SMILES string of the molecule is CC1CCCC(CNC(=O)c2c[nH]c3cc(N)ccc23)C1. The number of rotatable bonds is 3. The van der Waals surface area contributed by atoms with Crippen LogP contribution in [0.1, 0.15) is 43.0 Å². The van der Waals surface area contributed by atoms with Gasteiger partial charge in [0.2, 0.25) is 0 Å². The van der Waals surface area contributed by atoms with E-state index in [1.165, 1.54) is 25.7 Å². The molecule has 1 aliphatic rings. The smallest absolute Gasteiger partial charge is 0.253 e. The van der Waals surface area contributed by atoms with Crippen LogP contribution in [0.3, 0.4) is 0 Å². The summed E-state index contributed by atoms with van der Waals surface area (Å²) >= 11 is 0. The number of hydrogen-bond donors (Lipinski definition) is 3. The van der Waals surface area contributed by atoms with Crippen molar-refractivity contribution in [2.75, 3.05) is 12.3 Å². The number of nitrogens with one attached hydrogen (secondary N) is 2. The zero-order valence-corrected chi connectivity index (χ0v) is 12.5. The van der Waals surface area contributed by atoms with Gasteiger partial charge in [-0.3, -0.25) is 4.79 Å². The summed E-state index contributed by atoms with van der Waals surface area (Å²) in [5.74, 6) is 1.42. The molecule has 1 heterocycles. The molecule has 4 nitrogen and oxygen atoms in total. The highest BCUT2D eigenvalue weighted by Gasteiger charge is 2.20.